The number of thiophene rings is 1. The van der Waals surface area contributed by atoms with Gasteiger partial charge in [0.15, 0.2) is 5.16 Å². The van der Waals surface area contributed by atoms with Gasteiger partial charge in [-0.25, -0.2) is 9.37 Å². The van der Waals surface area contributed by atoms with E-state index in [1.165, 1.54) is 47.4 Å². The molecule has 0 spiro atoms. The largest absolute Gasteiger partial charge is 0.325 e. The first-order chi connectivity index (χ1) is 14.4. The summed E-state index contributed by atoms with van der Waals surface area (Å²) in [4.78, 5) is 34.3. The maximum atomic E-state index is 13.0. The van der Waals surface area contributed by atoms with Crippen LogP contribution in [0.15, 0.2) is 64.5 Å². The van der Waals surface area contributed by atoms with Crippen LogP contribution in [0.3, 0.4) is 0 Å². The molecule has 0 fully saturated rings. The highest BCUT2D eigenvalue weighted by Gasteiger charge is 2.20. The van der Waals surface area contributed by atoms with Gasteiger partial charge in [-0.1, -0.05) is 42.1 Å². The molecule has 2 heterocycles. The minimum absolute atomic E-state index is 0.225. The third-order valence-electron chi connectivity index (χ3n) is 4.55. The Labute approximate surface area is 180 Å². The van der Waals surface area contributed by atoms with Crippen molar-refractivity contribution in [1.29, 1.82) is 0 Å². The molecule has 0 aliphatic rings. The molecule has 4 aromatic rings. The number of thioether (sulfide) groups is 1. The van der Waals surface area contributed by atoms with E-state index in [1.807, 2.05) is 37.3 Å². The average molecular weight is 440 g/mol. The van der Waals surface area contributed by atoms with Crippen LogP contribution in [-0.4, -0.2) is 21.1 Å². The first-order valence-electron chi connectivity index (χ1n) is 9.24. The molecule has 1 amide bonds. The molecule has 0 saturated heterocycles. The lowest BCUT2D eigenvalue weighted by atomic mass is 10.0. The van der Waals surface area contributed by atoms with Crippen LogP contribution in [0, 0.1) is 12.7 Å². The number of hydrogen-bond donors (Lipinski definition) is 2. The SMILES string of the molecule is Cc1sc2nc(S[C@@H](C)C(=O)Nc3ccc(F)cc3)[nH]c(=O)c2c1-c1ccccc1. The number of carbonyl (C=O) groups is 1. The number of nitrogens with one attached hydrogen (secondary N) is 2. The van der Waals surface area contributed by atoms with E-state index in [9.17, 15) is 14.0 Å². The van der Waals surface area contributed by atoms with Crippen molar-refractivity contribution in [2.75, 3.05) is 5.32 Å². The van der Waals surface area contributed by atoms with Crippen molar-refractivity contribution < 1.29 is 9.18 Å². The monoisotopic (exact) mass is 439 g/mol. The average Bonchev–Trinajstić information content (AvgIpc) is 3.06. The Morgan fingerprint density at radius 1 is 1.17 bits per heavy atom. The van der Waals surface area contributed by atoms with E-state index in [1.54, 1.807) is 6.92 Å². The smallest absolute Gasteiger partial charge is 0.260 e. The molecule has 4 rings (SSSR count). The Bertz CT molecular complexity index is 1270. The Balaban J connectivity index is 1.59. The van der Waals surface area contributed by atoms with Crippen molar-refractivity contribution in [3.8, 4) is 11.1 Å². The first-order valence-corrected chi connectivity index (χ1v) is 10.9. The van der Waals surface area contributed by atoms with Crippen LogP contribution in [0.5, 0.6) is 0 Å². The van der Waals surface area contributed by atoms with Crippen molar-refractivity contribution >= 4 is 44.9 Å². The van der Waals surface area contributed by atoms with Gasteiger partial charge < -0.3 is 10.3 Å². The van der Waals surface area contributed by atoms with Gasteiger partial charge in [0.25, 0.3) is 5.56 Å². The van der Waals surface area contributed by atoms with E-state index in [2.05, 4.69) is 15.3 Å². The predicted molar refractivity (Wildman–Crippen MR) is 121 cm³/mol. The van der Waals surface area contributed by atoms with Crippen molar-refractivity contribution in [3.05, 3.63) is 75.6 Å². The fourth-order valence-electron chi connectivity index (χ4n) is 3.11. The Kier molecular flexibility index (Phi) is 5.69. The number of fused-ring (bicyclic) bond motifs is 1. The van der Waals surface area contributed by atoms with Gasteiger partial charge in [0.1, 0.15) is 10.6 Å². The highest BCUT2D eigenvalue weighted by molar-refractivity contribution is 8.00. The van der Waals surface area contributed by atoms with Gasteiger partial charge in [-0.15, -0.1) is 11.3 Å². The minimum atomic E-state index is -0.509. The van der Waals surface area contributed by atoms with E-state index in [-0.39, 0.29) is 17.3 Å². The number of rotatable bonds is 5. The van der Waals surface area contributed by atoms with Gasteiger partial charge in [-0.3, -0.25) is 9.59 Å². The zero-order valence-electron chi connectivity index (χ0n) is 16.2. The number of amides is 1. The minimum Gasteiger partial charge on any atom is -0.325 e. The predicted octanol–water partition coefficient (Wildman–Crippen LogP) is 5.22. The zero-order chi connectivity index (χ0) is 21.3. The summed E-state index contributed by atoms with van der Waals surface area (Å²) in [5.41, 5.74) is 2.15. The van der Waals surface area contributed by atoms with E-state index >= 15 is 0 Å². The van der Waals surface area contributed by atoms with Crippen molar-refractivity contribution in [2.24, 2.45) is 0 Å². The topological polar surface area (TPSA) is 74.8 Å². The number of aromatic amines is 1. The summed E-state index contributed by atoms with van der Waals surface area (Å²) in [7, 11) is 0. The van der Waals surface area contributed by atoms with Gasteiger partial charge in [-0.2, -0.15) is 0 Å². The molecular formula is C22H18FN3O2S2. The number of carbonyl (C=O) groups excluding carboxylic acids is 1. The molecule has 0 aliphatic carbocycles. The van der Waals surface area contributed by atoms with Crippen LogP contribution < -0.4 is 10.9 Å². The fourth-order valence-corrected chi connectivity index (χ4v) is 5.01. The Morgan fingerprint density at radius 2 is 1.87 bits per heavy atom. The van der Waals surface area contributed by atoms with Gasteiger partial charge in [0.05, 0.1) is 10.6 Å². The number of aryl methyl sites for hydroxylation is 1. The second-order valence-corrected chi connectivity index (χ2v) is 9.24. The van der Waals surface area contributed by atoms with Crippen LogP contribution in [0.25, 0.3) is 21.3 Å². The number of anilines is 1. The lowest BCUT2D eigenvalue weighted by Crippen LogP contribution is -2.23. The van der Waals surface area contributed by atoms with Gasteiger partial charge in [0.2, 0.25) is 5.91 Å². The van der Waals surface area contributed by atoms with Gasteiger partial charge in [0, 0.05) is 16.1 Å². The lowest BCUT2D eigenvalue weighted by molar-refractivity contribution is -0.115. The molecule has 5 nitrogen and oxygen atoms in total. The molecule has 152 valence electrons. The second-order valence-electron chi connectivity index (χ2n) is 6.71. The maximum Gasteiger partial charge on any atom is 0.260 e. The molecule has 0 aliphatic heterocycles. The van der Waals surface area contributed by atoms with Crippen LogP contribution in [0.1, 0.15) is 11.8 Å². The molecule has 1 atom stereocenters. The van der Waals surface area contributed by atoms with Gasteiger partial charge in [-0.05, 0) is 43.7 Å². The van der Waals surface area contributed by atoms with Crippen LogP contribution in [-0.2, 0) is 4.79 Å². The summed E-state index contributed by atoms with van der Waals surface area (Å²) in [6.07, 6.45) is 0. The zero-order valence-corrected chi connectivity index (χ0v) is 17.9. The molecule has 0 radical (unpaired) electrons. The Morgan fingerprint density at radius 3 is 2.57 bits per heavy atom. The summed E-state index contributed by atoms with van der Waals surface area (Å²) in [5.74, 6) is -0.631. The van der Waals surface area contributed by atoms with Gasteiger partial charge >= 0.3 is 0 Å². The number of hydrogen-bond acceptors (Lipinski definition) is 5. The third-order valence-corrected chi connectivity index (χ3v) is 6.53. The van der Waals surface area contributed by atoms with Crippen molar-refractivity contribution in [2.45, 2.75) is 24.3 Å². The summed E-state index contributed by atoms with van der Waals surface area (Å²) < 4.78 is 13.0. The molecule has 0 unspecified atom stereocenters. The summed E-state index contributed by atoms with van der Waals surface area (Å²) in [5, 5.41) is 3.17. The molecular weight excluding hydrogens is 421 g/mol. The highest BCUT2D eigenvalue weighted by atomic mass is 32.2. The maximum absolute atomic E-state index is 13.0. The highest BCUT2D eigenvalue weighted by Crippen LogP contribution is 2.36. The number of aromatic nitrogens is 2. The molecule has 8 heteroatoms. The van der Waals surface area contributed by atoms with Crippen molar-refractivity contribution in [1.82, 2.24) is 9.97 Å². The molecule has 0 saturated carbocycles. The number of halogens is 1. The van der Waals surface area contributed by atoms with E-state index in [4.69, 9.17) is 0 Å². The molecule has 30 heavy (non-hydrogen) atoms. The van der Waals surface area contributed by atoms with Crippen LogP contribution in [0.2, 0.25) is 0 Å². The van der Waals surface area contributed by atoms with Crippen molar-refractivity contribution in [3.63, 3.8) is 0 Å². The summed E-state index contributed by atoms with van der Waals surface area (Å²) >= 11 is 2.63. The fraction of sp³-hybridized carbons (Fsp3) is 0.136. The molecule has 2 N–H and O–H groups in total. The first kappa shape index (κ1) is 20.3. The molecule has 2 aromatic carbocycles. The van der Waals surface area contributed by atoms with Crippen LogP contribution in [0.4, 0.5) is 10.1 Å². The second kappa shape index (κ2) is 8.41. The normalized spacial score (nSPS) is 12.1. The lowest BCUT2D eigenvalue weighted by Gasteiger charge is -2.11. The quantitative estimate of drug-likeness (QED) is 0.330. The number of H-pyrrole nitrogens is 1. The summed E-state index contributed by atoms with van der Waals surface area (Å²) in [6.45, 7) is 3.70. The third kappa shape index (κ3) is 4.15. The van der Waals surface area contributed by atoms with E-state index < -0.39 is 5.25 Å². The number of nitrogens with zero attached hydrogens (tertiary/aromatic N) is 1. The summed E-state index contributed by atoms with van der Waals surface area (Å²) in [6, 6.07) is 15.3. The van der Waals surface area contributed by atoms with Crippen LogP contribution >= 0.6 is 23.1 Å². The van der Waals surface area contributed by atoms with E-state index in [0.29, 0.717) is 21.1 Å². The molecule has 2 aromatic heterocycles. The molecule has 0 bridgehead atoms. The Hall–Kier alpha value is -2.97. The standard InChI is InChI=1S/C22H18FN3O2S2/c1-12-17(14-6-4-3-5-7-14)18-20(28)25-22(26-21(18)29-12)30-13(2)19(27)24-16-10-8-15(23)9-11-16/h3-11,13H,1-2H3,(H,24,27)(H,25,26,28)/t13-/m0/s1. The van der Waals surface area contributed by atoms with E-state index in [0.717, 1.165) is 16.0 Å². The number of benzene rings is 2.